The van der Waals surface area contributed by atoms with Crippen LogP contribution >= 0.6 is 38.9 Å². The van der Waals surface area contributed by atoms with E-state index in [2.05, 4.69) is 34.4 Å². The van der Waals surface area contributed by atoms with Crippen molar-refractivity contribution in [2.24, 2.45) is 0 Å². The Hall–Kier alpha value is -1.89. The standard InChI is InChI=1S/C17H13BrClNO3S/c1-4-10-13(5-2)24-15(14(10)19)16(21)20-12-8-9(18)6-7-11(12)17(22)23-3/h4-8H,1-2H2,3H3,(H,20,21). The molecule has 0 aliphatic carbocycles. The van der Waals surface area contributed by atoms with Gasteiger partial charge in [-0.2, -0.15) is 0 Å². The van der Waals surface area contributed by atoms with Gasteiger partial charge >= 0.3 is 5.97 Å². The van der Waals surface area contributed by atoms with Gasteiger partial charge in [0.1, 0.15) is 4.88 Å². The number of carbonyl (C=O) groups is 2. The third-order valence-corrected chi connectivity index (χ3v) is 5.34. The fourth-order valence-electron chi connectivity index (χ4n) is 2.01. The molecule has 1 amide bonds. The van der Waals surface area contributed by atoms with Crippen molar-refractivity contribution in [3.8, 4) is 0 Å². The molecule has 1 aromatic carbocycles. The van der Waals surface area contributed by atoms with Gasteiger partial charge in [-0.3, -0.25) is 4.79 Å². The van der Waals surface area contributed by atoms with Crippen LogP contribution in [0.25, 0.3) is 12.2 Å². The number of thiophene rings is 1. The Morgan fingerprint density at radius 1 is 1.33 bits per heavy atom. The quantitative estimate of drug-likeness (QED) is 0.643. The monoisotopic (exact) mass is 425 g/mol. The highest BCUT2D eigenvalue weighted by Crippen LogP contribution is 2.35. The largest absolute Gasteiger partial charge is 0.465 e. The molecule has 0 saturated carbocycles. The highest BCUT2D eigenvalue weighted by atomic mass is 79.9. The molecule has 0 atom stereocenters. The van der Waals surface area contributed by atoms with E-state index in [9.17, 15) is 9.59 Å². The average Bonchev–Trinajstić information content (AvgIpc) is 2.90. The fraction of sp³-hybridized carbons (Fsp3) is 0.0588. The molecule has 1 heterocycles. The first-order valence-corrected chi connectivity index (χ1v) is 8.68. The first-order valence-electron chi connectivity index (χ1n) is 6.69. The summed E-state index contributed by atoms with van der Waals surface area (Å²) in [5.41, 5.74) is 1.23. The summed E-state index contributed by atoms with van der Waals surface area (Å²) in [5, 5.41) is 3.00. The number of ether oxygens (including phenoxy) is 1. The minimum absolute atomic E-state index is 0.245. The molecule has 4 nitrogen and oxygen atoms in total. The van der Waals surface area contributed by atoms with Crippen LogP contribution in [0, 0.1) is 0 Å². The number of benzene rings is 1. The van der Waals surface area contributed by atoms with Crippen molar-refractivity contribution in [3.05, 3.63) is 61.7 Å². The van der Waals surface area contributed by atoms with E-state index in [4.69, 9.17) is 16.3 Å². The molecule has 24 heavy (non-hydrogen) atoms. The van der Waals surface area contributed by atoms with E-state index in [0.717, 1.165) is 4.88 Å². The maximum absolute atomic E-state index is 12.6. The van der Waals surface area contributed by atoms with E-state index in [0.29, 0.717) is 25.6 Å². The lowest BCUT2D eigenvalue weighted by Crippen LogP contribution is -2.14. The van der Waals surface area contributed by atoms with Crippen molar-refractivity contribution >= 4 is 68.6 Å². The summed E-state index contributed by atoms with van der Waals surface area (Å²) in [6, 6.07) is 4.87. The smallest absolute Gasteiger partial charge is 0.339 e. The van der Waals surface area contributed by atoms with E-state index in [-0.39, 0.29) is 5.56 Å². The lowest BCUT2D eigenvalue weighted by molar-refractivity contribution is 0.0602. The summed E-state index contributed by atoms with van der Waals surface area (Å²) < 4.78 is 5.44. The normalized spacial score (nSPS) is 10.1. The van der Waals surface area contributed by atoms with E-state index < -0.39 is 11.9 Å². The van der Waals surface area contributed by atoms with Gasteiger partial charge in [0.2, 0.25) is 0 Å². The Bertz CT molecular complexity index is 845. The van der Waals surface area contributed by atoms with Gasteiger partial charge in [-0.15, -0.1) is 11.3 Å². The highest BCUT2D eigenvalue weighted by molar-refractivity contribution is 9.10. The van der Waals surface area contributed by atoms with Gasteiger partial charge in [0.25, 0.3) is 5.91 Å². The summed E-state index contributed by atoms with van der Waals surface area (Å²) in [5.74, 6) is -0.974. The Morgan fingerprint density at radius 3 is 2.58 bits per heavy atom. The molecule has 124 valence electrons. The summed E-state index contributed by atoms with van der Waals surface area (Å²) in [6.07, 6.45) is 3.19. The molecule has 0 aliphatic rings. The number of esters is 1. The van der Waals surface area contributed by atoms with Crippen LogP contribution < -0.4 is 5.32 Å². The van der Waals surface area contributed by atoms with Crippen molar-refractivity contribution in [2.45, 2.75) is 0 Å². The SMILES string of the molecule is C=Cc1sc(C(=O)Nc2cc(Br)ccc2C(=O)OC)c(Cl)c1C=C. The summed E-state index contributed by atoms with van der Waals surface area (Å²) in [4.78, 5) is 25.5. The molecular formula is C17H13BrClNO3S. The van der Waals surface area contributed by atoms with E-state index >= 15 is 0 Å². The van der Waals surface area contributed by atoms with Crippen molar-refractivity contribution < 1.29 is 14.3 Å². The number of amides is 1. The third-order valence-electron chi connectivity index (χ3n) is 3.14. The molecule has 0 spiro atoms. The number of halogens is 2. The van der Waals surface area contributed by atoms with Crippen molar-refractivity contribution in [3.63, 3.8) is 0 Å². The van der Waals surface area contributed by atoms with Gasteiger partial charge in [0.15, 0.2) is 0 Å². The maximum Gasteiger partial charge on any atom is 0.339 e. The predicted molar refractivity (Wildman–Crippen MR) is 103 cm³/mol. The second-order valence-electron chi connectivity index (χ2n) is 4.57. The summed E-state index contributed by atoms with van der Waals surface area (Å²) >= 11 is 10.8. The highest BCUT2D eigenvalue weighted by Gasteiger charge is 2.21. The first-order chi connectivity index (χ1) is 11.4. The van der Waals surface area contributed by atoms with Crippen LogP contribution in [0.3, 0.4) is 0 Å². The minimum Gasteiger partial charge on any atom is -0.465 e. The van der Waals surface area contributed by atoms with Crippen LogP contribution in [-0.4, -0.2) is 19.0 Å². The van der Waals surface area contributed by atoms with Crippen LogP contribution in [0.1, 0.15) is 30.5 Å². The van der Waals surface area contributed by atoms with E-state index in [1.807, 2.05) is 0 Å². The second kappa shape index (κ2) is 7.79. The number of rotatable bonds is 5. The summed E-state index contributed by atoms with van der Waals surface area (Å²) in [7, 11) is 1.28. The van der Waals surface area contributed by atoms with Gasteiger partial charge in [0.05, 0.1) is 23.4 Å². The van der Waals surface area contributed by atoms with Gasteiger partial charge in [-0.05, 0) is 18.2 Å². The van der Waals surface area contributed by atoms with Crippen molar-refractivity contribution in [1.29, 1.82) is 0 Å². The third kappa shape index (κ3) is 3.61. The zero-order chi connectivity index (χ0) is 17.9. The van der Waals surface area contributed by atoms with Crippen LogP contribution in [0.4, 0.5) is 5.69 Å². The van der Waals surface area contributed by atoms with Crippen LogP contribution in [-0.2, 0) is 4.74 Å². The van der Waals surface area contributed by atoms with Gasteiger partial charge in [0, 0.05) is 14.9 Å². The molecule has 2 rings (SSSR count). The van der Waals surface area contributed by atoms with Crippen LogP contribution in [0.2, 0.25) is 5.02 Å². The predicted octanol–water partition coefficient (Wildman–Crippen LogP) is 5.49. The maximum atomic E-state index is 12.6. The molecule has 2 aromatic rings. The molecule has 1 aromatic heterocycles. The second-order valence-corrected chi connectivity index (χ2v) is 6.91. The Balaban J connectivity index is 2.42. The van der Waals surface area contributed by atoms with Gasteiger partial charge in [-0.1, -0.05) is 52.8 Å². The van der Waals surface area contributed by atoms with Crippen LogP contribution in [0.5, 0.6) is 0 Å². The van der Waals surface area contributed by atoms with Gasteiger partial charge < -0.3 is 10.1 Å². The number of hydrogen-bond donors (Lipinski definition) is 1. The van der Waals surface area contributed by atoms with Crippen LogP contribution in [0.15, 0.2) is 35.8 Å². The molecule has 0 fully saturated rings. The molecular weight excluding hydrogens is 414 g/mol. The number of hydrogen-bond acceptors (Lipinski definition) is 4. The first kappa shape index (κ1) is 18.4. The molecule has 0 saturated heterocycles. The Morgan fingerprint density at radius 2 is 2.04 bits per heavy atom. The Kier molecular flexibility index (Phi) is 5.99. The number of anilines is 1. The minimum atomic E-state index is -0.548. The molecule has 0 unspecified atom stereocenters. The number of carbonyl (C=O) groups excluding carboxylic acids is 2. The van der Waals surface area contributed by atoms with Gasteiger partial charge in [-0.25, -0.2) is 4.79 Å². The molecule has 0 bridgehead atoms. The molecule has 7 heteroatoms. The van der Waals surface area contributed by atoms with E-state index in [1.54, 1.807) is 30.4 Å². The summed E-state index contributed by atoms with van der Waals surface area (Å²) in [6.45, 7) is 7.39. The van der Waals surface area contributed by atoms with Crippen molar-refractivity contribution in [1.82, 2.24) is 0 Å². The molecule has 0 radical (unpaired) electrons. The zero-order valence-corrected chi connectivity index (χ0v) is 15.8. The lowest BCUT2D eigenvalue weighted by atomic mass is 10.1. The number of methoxy groups -OCH3 is 1. The van der Waals surface area contributed by atoms with Crippen molar-refractivity contribution in [2.75, 3.05) is 12.4 Å². The lowest BCUT2D eigenvalue weighted by Gasteiger charge is -2.10. The average molecular weight is 427 g/mol. The molecule has 1 N–H and O–H groups in total. The number of nitrogens with one attached hydrogen (secondary N) is 1. The molecule has 0 aliphatic heterocycles. The zero-order valence-electron chi connectivity index (χ0n) is 12.7. The Labute approximate surface area is 156 Å². The van der Waals surface area contributed by atoms with E-state index in [1.165, 1.54) is 18.4 Å². The fourth-order valence-corrected chi connectivity index (χ4v) is 3.75. The topological polar surface area (TPSA) is 55.4 Å².